The Bertz CT molecular complexity index is 362. The lowest BCUT2D eigenvalue weighted by Crippen LogP contribution is -2.31. The van der Waals surface area contributed by atoms with Gasteiger partial charge in [-0.25, -0.2) is 9.97 Å². The van der Waals surface area contributed by atoms with Gasteiger partial charge in [0.25, 0.3) is 0 Å². The lowest BCUT2D eigenvalue weighted by Gasteiger charge is -2.18. The summed E-state index contributed by atoms with van der Waals surface area (Å²) < 4.78 is 5.19. The van der Waals surface area contributed by atoms with Crippen LogP contribution in [0.3, 0.4) is 0 Å². The third-order valence-electron chi connectivity index (χ3n) is 3.12. The molecule has 0 aromatic carbocycles. The highest BCUT2D eigenvalue weighted by atomic mass is 16.5. The molecule has 1 aromatic rings. The number of rotatable bonds is 3. The van der Waals surface area contributed by atoms with Gasteiger partial charge in [0.1, 0.15) is 12.1 Å². The van der Waals surface area contributed by atoms with Crippen molar-refractivity contribution in [2.75, 3.05) is 25.5 Å². The predicted molar refractivity (Wildman–Crippen MR) is 67.5 cm³/mol. The summed E-state index contributed by atoms with van der Waals surface area (Å²) in [6.07, 6.45) is 5.23. The fourth-order valence-electron chi connectivity index (χ4n) is 2.12. The predicted octanol–water partition coefficient (Wildman–Crippen LogP) is 1.35. The molecular formula is C12H20N4O. The molecule has 1 aliphatic rings. The first-order chi connectivity index (χ1) is 8.31. The van der Waals surface area contributed by atoms with Gasteiger partial charge < -0.3 is 15.4 Å². The molecule has 2 rings (SSSR count). The highest BCUT2D eigenvalue weighted by molar-refractivity contribution is 5.48. The summed E-state index contributed by atoms with van der Waals surface area (Å²) in [5.41, 5.74) is 0.972. The van der Waals surface area contributed by atoms with E-state index in [-0.39, 0.29) is 0 Å². The van der Waals surface area contributed by atoms with Crippen molar-refractivity contribution in [2.45, 2.75) is 32.2 Å². The molecule has 5 heteroatoms. The fourth-order valence-corrected chi connectivity index (χ4v) is 2.12. The summed E-state index contributed by atoms with van der Waals surface area (Å²) in [4.78, 5) is 8.36. The van der Waals surface area contributed by atoms with Crippen LogP contribution in [-0.4, -0.2) is 36.2 Å². The van der Waals surface area contributed by atoms with Gasteiger partial charge in [-0.15, -0.1) is 0 Å². The normalized spacial score (nSPS) is 20.7. The van der Waals surface area contributed by atoms with Gasteiger partial charge in [0, 0.05) is 12.6 Å². The Morgan fingerprint density at radius 2 is 2.29 bits per heavy atom. The van der Waals surface area contributed by atoms with E-state index >= 15 is 0 Å². The van der Waals surface area contributed by atoms with Crippen molar-refractivity contribution >= 4 is 5.82 Å². The number of aromatic nitrogens is 2. The second kappa shape index (κ2) is 5.82. The molecule has 0 radical (unpaired) electrons. The standard InChI is InChI=1S/C12H20N4O/c1-9-11(14-8-15-12(9)17-2)16-10-5-3-4-6-13-7-10/h8,10,13H,3-7H2,1-2H3,(H,14,15,16). The number of anilines is 1. The van der Waals surface area contributed by atoms with E-state index in [9.17, 15) is 0 Å². The number of hydrogen-bond donors (Lipinski definition) is 2. The summed E-state index contributed by atoms with van der Waals surface area (Å²) in [7, 11) is 1.63. The summed E-state index contributed by atoms with van der Waals surface area (Å²) in [5, 5.41) is 6.90. The van der Waals surface area contributed by atoms with Crippen molar-refractivity contribution in [1.29, 1.82) is 0 Å². The maximum Gasteiger partial charge on any atom is 0.221 e. The Labute approximate surface area is 102 Å². The molecule has 0 bridgehead atoms. The van der Waals surface area contributed by atoms with E-state index in [4.69, 9.17) is 4.74 Å². The smallest absolute Gasteiger partial charge is 0.221 e. The minimum Gasteiger partial charge on any atom is -0.481 e. The second-order valence-electron chi connectivity index (χ2n) is 4.40. The Morgan fingerprint density at radius 3 is 3.12 bits per heavy atom. The lowest BCUT2D eigenvalue weighted by atomic mass is 10.1. The van der Waals surface area contributed by atoms with Gasteiger partial charge in [-0.3, -0.25) is 0 Å². The van der Waals surface area contributed by atoms with E-state index in [1.807, 2.05) is 6.92 Å². The van der Waals surface area contributed by atoms with Gasteiger partial charge in [0.05, 0.1) is 12.7 Å². The molecule has 1 aromatic heterocycles. The van der Waals surface area contributed by atoms with Crippen LogP contribution in [0.4, 0.5) is 5.82 Å². The van der Waals surface area contributed by atoms with E-state index in [1.54, 1.807) is 7.11 Å². The molecule has 5 nitrogen and oxygen atoms in total. The monoisotopic (exact) mass is 236 g/mol. The second-order valence-corrected chi connectivity index (χ2v) is 4.40. The molecule has 2 heterocycles. The molecule has 0 aliphatic carbocycles. The van der Waals surface area contributed by atoms with E-state index < -0.39 is 0 Å². The van der Waals surface area contributed by atoms with Crippen LogP contribution in [0.2, 0.25) is 0 Å². The van der Waals surface area contributed by atoms with Crippen LogP contribution < -0.4 is 15.4 Å². The first-order valence-electron chi connectivity index (χ1n) is 6.14. The fraction of sp³-hybridized carbons (Fsp3) is 0.667. The molecule has 1 fully saturated rings. The summed E-state index contributed by atoms with van der Waals surface area (Å²) in [5.74, 6) is 1.52. The quantitative estimate of drug-likeness (QED) is 0.829. The van der Waals surface area contributed by atoms with E-state index in [0.29, 0.717) is 11.9 Å². The number of nitrogens with zero attached hydrogens (tertiary/aromatic N) is 2. The maximum atomic E-state index is 5.19. The molecular weight excluding hydrogens is 216 g/mol. The van der Waals surface area contributed by atoms with Gasteiger partial charge in [-0.05, 0) is 26.3 Å². The van der Waals surface area contributed by atoms with Crippen LogP contribution in [0, 0.1) is 6.92 Å². The van der Waals surface area contributed by atoms with E-state index in [1.165, 1.54) is 25.6 Å². The Kier molecular flexibility index (Phi) is 4.14. The zero-order chi connectivity index (χ0) is 12.1. The van der Waals surface area contributed by atoms with Crippen molar-refractivity contribution in [2.24, 2.45) is 0 Å². The molecule has 0 amide bonds. The molecule has 2 N–H and O–H groups in total. The maximum absolute atomic E-state index is 5.19. The van der Waals surface area contributed by atoms with Crippen molar-refractivity contribution in [3.63, 3.8) is 0 Å². The average molecular weight is 236 g/mol. The largest absolute Gasteiger partial charge is 0.481 e. The Hall–Kier alpha value is -1.36. The number of nitrogens with one attached hydrogen (secondary N) is 2. The zero-order valence-electron chi connectivity index (χ0n) is 10.5. The topological polar surface area (TPSA) is 59.1 Å². The molecule has 0 saturated carbocycles. The Balaban J connectivity index is 2.06. The highest BCUT2D eigenvalue weighted by Crippen LogP contribution is 2.21. The van der Waals surface area contributed by atoms with Crippen LogP contribution in [0.5, 0.6) is 5.88 Å². The molecule has 94 valence electrons. The Morgan fingerprint density at radius 1 is 1.41 bits per heavy atom. The number of ether oxygens (including phenoxy) is 1. The summed E-state index contributed by atoms with van der Waals surface area (Å²) in [6, 6.07) is 0.441. The third kappa shape index (κ3) is 3.06. The minimum absolute atomic E-state index is 0.441. The zero-order valence-corrected chi connectivity index (χ0v) is 10.5. The van der Waals surface area contributed by atoms with Gasteiger partial charge in [-0.1, -0.05) is 6.42 Å². The summed E-state index contributed by atoms with van der Waals surface area (Å²) in [6.45, 7) is 4.08. The first kappa shape index (κ1) is 12.1. The van der Waals surface area contributed by atoms with Crippen molar-refractivity contribution in [3.05, 3.63) is 11.9 Å². The van der Waals surface area contributed by atoms with E-state index in [2.05, 4.69) is 20.6 Å². The minimum atomic E-state index is 0.441. The van der Waals surface area contributed by atoms with Crippen molar-refractivity contribution in [3.8, 4) is 5.88 Å². The lowest BCUT2D eigenvalue weighted by molar-refractivity contribution is 0.393. The van der Waals surface area contributed by atoms with Gasteiger partial charge in [0.2, 0.25) is 5.88 Å². The number of hydrogen-bond acceptors (Lipinski definition) is 5. The van der Waals surface area contributed by atoms with Crippen LogP contribution >= 0.6 is 0 Å². The van der Waals surface area contributed by atoms with Gasteiger partial charge in [-0.2, -0.15) is 0 Å². The molecule has 1 unspecified atom stereocenters. The molecule has 1 saturated heterocycles. The average Bonchev–Trinajstić information content (AvgIpc) is 2.60. The SMILES string of the molecule is COc1ncnc(NC2CCCCNC2)c1C. The van der Waals surface area contributed by atoms with Gasteiger partial charge in [0.15, 0.2) is 0 Å². The van der Waals surface area contributed by atoms with Crippen LogP contribution in [0.15, 0.2) is 6.33 Å². The molecule has 1 atom stereocenters. The van der Waals surface area contributed by atoms with E-state index in [0.717, 1.165) is 24.5 Å². The van der Waals surface area contributed by atoms with Crippen molar-refractivity contribution < 1.29 is 4.74 Å². The molecule has 0 spiro atoms. The number of methoxy groups -OCH3 is 1. The third-order valence-corrected chi connectivity index (χ3v) is 3.12. The van der Waals surface area contributed by atoms with Crippen LogP contribution in [-0.2, 0) is 0 Å². The van der Waals surface area contributed by atoms with Gasteiger partial charge >= 0.3 is 0 Å². The molecule has 17 heavy (non-hydrogen) atoms. The summed E-state index contributed by atoms with van der Waals surface area (Å²) >= 11 is 0. The highest BCUT2D eigenvalue weighted by Gasteiger charge is 2.14. The molecule has 1 aliphatic heterocycles. The van der Waals surface area contributed by atoms with Crippen molar-refractivity contribution in [1.82, 2.24) is 15.3 Å². The first-order valence-corrected chi connectivity index (χ1v) is 6.14. The van der Waals surface area contributed by atoms with Crippen LogP contribution in [0.1, 0.15) is 24.8 Å². The van der Waals surface area contributed by atoms with Crippen LogP contribution in [0.25, 0.3) is 0 Å².